The number of carbonyl (C=O) groups is 2. The van der Waals surface area contributed by atoms with E-state index < -0.39 is 17.4 Å². The zero-order chi connectivity index (χ0) is 23.6. The Kier molecular flexibility index (Phi) is 6.63. The second kappa shape index (κ2) is 9.45. The maximum Gasteiger partial charge on any atom is 0.317 e. The Morgan fingerprint density at radius 2 is 1.88 bits per heavy atom. The molecule has 2 aliphatic heterocycles. The maximum absolute atomic E-state index is 13.6. The fraction of sp³-hybridized carbons (Fsp3) is 0.423. The molecule has 1 unspecified atom stereocenters. The highest BCUT2D eigenvalue weighted by Crippen LogP contribution is 2.41. The molecule has 4 rings (SSSR count). The van der Waals surface area contributed by atoms with Crippen LogP contribution >= 0.6 is 0 Å². The van der Waals surface area contributed by atoms with Crippen LogP contribution < -0.4 is 4.90 Å². The predicted molar refractivity (Wildman–Crippen MR) is 127 cm³/mol. The molecular formula is C26H31N3O4. The number of nitrogens with zero attached hydrogens (tertiary/aromatic N) is 3. The molecule has 174 valence electrons. The Hall–Kier alpha value is -3.03. The summed E-state index contributed by atoms with van der Waals surface area (Å²) >= 11 is 0. The number of piperidine rings is 1. The number of ether oxygens (including phenoxy) is 1. The van der Waals surface area contributed by atoms with E-state index in [1.54, 1.807) is 0 Å². The number of hydrogen-bond acceptors (Lipinski definition) is 6. The van der Waals surface area contributed by atoms with Gasteiger partial charge in [-0.1, -0.05) is 49.7 Å². The Labute approximate surface area is 194 Å². The van der Waals surface area contributed by atoms with E-state index in [0.717, 1.165) is 30.0 Å². The van der Waals surface area contributed by atoms with Crippen LogP contribution in [0.2, 0.25) is 0 Å². The zero-order valence-corrected chi connectivity index (χ0v) is 19.5. The van der Waals surface area contributed by atoms with Crippen molar-refractivity contribution in [3.8, 4) is 0 Å². The lowest BCUT2D eigenvalue weighted by Gasteiger charge is -2.43. The second-order valence-corrected chi connectivity index (χ2v) is 9.44. The van der Waals surface area contributed by atoms with Crippen molar-refractivity contribution in [2.45, 2.75) is 26.8 Å². The number of hydrogen-bond donors (Lipinski definition) is 1. The fourth-order valence-electron chi connectivity index (χ4n) is 4.63. The lowest BCUT2D eigenvalue weighted by molar-refractivity contribution is -0.141. The molecule has 1 N–H and O–H groups in total. The molecule has 2 aliphatic rings. The van der Waals surface area contributed by atoms with Gasteiger partial charge in [-0.3, -0.25) is 14.5 Å². The summed E-state index contributed by atoms with van der Waals surface area (Å²) in [6.45, 7) is 8.87. The van der Waals surface area contributed by atoms with E-state index in [1.165, 1.54) is 0 Å². The lowest BCUT2D eigenvalue weighted by Crippen LogP contribution is -2.50. The smallest absolute Gasteiger partial charge is 0.317 e. The minimum atomic E-state index is -0.913. The summed E-state index contributed by atoms with van der Waals surface area (Å²) < 4.78 is 5.45. The number of rotatable bonds is 5. The van der Waals surface area contributed by atoms with Crippen LogP contribution in [0.5, 0.6) is 0 Å². The van der Waals surface area contributed by atoms with Gasteiger partial charge in [-0.15, -0.1) is 0 Å². The normalized spacial score (nSPS) is 22.5. The van der Waals surface area contributed by atoms with Crippen LogP contribution in [0.3, 0.4) is 0 Å². The number of carbonyl (C=O) groups excluding carboxylic acids is 1. The molecule has 7 nitrogen and oxygen atoms in total. The molecule has 0 amide bonds. The van der Waals surface area contributed by atoms with Crippen LogP contribution in [-0.4, -0.2) is 66.1 Å². The molecule has 1 aromatic carbocycles. The first kappa shape index (κ1) is 23.1. The van der Waals surface area contributed by atoms with Crippen molar-refractivity contribution >= 4 is 23.6 Å². The lowest BCUT2D eigenvalue weighted by atomic mass is 9.74. The molecule has 0 aliphatic carbocycles. The van der Waals surface area contributed by atoms with E-state index >= 15 is 0 Å². The number of anilines is 1. The Balaban J connectivity index is 1.79. The molecule has 3 heterocycles. The summed E-state index contributed by atoms with van der Waals surface area (Å²) in [6, 6.07) is 13.3. The van der Waals surface area contributed by atoms with Crippen molar-refractivity contribution < 1.29 is 19.4 Å². The molecule has 0 bridgehead atoms. The van der Waals surface area contributed by atoms with Gasteiger partial charge in [0.05, 0.1) is 31.5 Å². The number of carboxylic acid groups (broad SMARTS) is 1. The van der Waals surface area contributed by atoms with E-state index in [9.17, 15) is 14.7 Å². The van der Waals surface area contributed by atoms with Gasteiger partial charge >= 0.3 is 5.97 Å². The van der Waals surface area contributed by atoms with E-state index in [2.05, 4.69) is 4.90 Å². The summed E-state index contributed by atoms with van der Waals surface area (Å²) in [5.74, 6) is -0.0400. The third-order valence-electron chi connectivity index (χ3n) is 6.26. The van der Waals surface area contributed by atoms with Crippen LogP contribution in [0.15, 0.2) is 48.0 Å². The first-order valence-corrected chi connectivity index (χ1v) is 11.3. The number of morpholine rings is 1. The van der Waals surface area contributed by atoms with E-state index in [1.807, 2.05) is 74.2 Å². The molecular weight excluding hydrogens is 418 g/mol. The number of aromatic nitrogens is 1. The van der Waals surface area contributed by atoms with Crippen LogP contribution in [0, 0.1) is 12.3 Å². The number of likely N-dealkylation sites (tertiary alicyclic amines) is 1. The summed E-state index contributed by atoms with van der Waals surface area (Å²) in [4.78, 5) is 34.2. The van der Waals surface area contributed by atoms with Gasteiger partial charge in [0.15, 0.2) is 5.78 Å². The molecule has 7 heteroatoms. The van der Waals surface area contributed by atoms with Crippen LogP contribution in [0.1, 0.15) is 36.7 Å². The number of aliphatic carboxylic acids is 1. The monoisotopic (exact) mass is 449 g/mol. The molecule has 0 spiro atoms. The largest absolute Gasteiger partial charge is 0.480 e. The topological polar surface area (TPSA) is 83.0 Å². The van der Waals surface area contributed by atoms with Gasteiger partial charge in [-0.2, -0.15) is 0 Å². The molecule has 2 aromatic rings. The van der Waals surface area contributed by atoms with Crippen molar-refractivity contribution in [3.63, 3.8) is 0 Å². The number of Topliss-reactive ketones (excluding diaryl/α,β-unsaturated/α-hetero) is 1. The van der Waals surface area contributed by atoms with E-state index in [-0.39, 0.29) is 12.3 Å². The Bertz CT molecular complexity index is 1060. The van der Waals surface area contributed by atoms with Gasteiger partial charge in [-0.05, 0) is 30.7 Å². The minimum absolute atomic E-state index is 0.0216. The second-order valence-electron chi connectivity index (χ2n) is 9.44. The standard InChI is InChI=1S/C26H31N3O4/c1-18-7-9-19(10-8-18)24-21(25(32)26(2,3)17-29(24)16-23(30)31)15-20-5-4-6-22(27-20)28-11-13-33-14-12-28/h4-10,15,24H,11-14,16-17H2,1-3H3,(H,30,31)/b21-15-. The highest BCUT2D eigenvalue weighted by atomic mass is 16.5. The minimum Gasteiger partial charge on any atom is -0.480 e. The first-order valence-electron chi connectivity index (χ1n) is 11.3. The third kappa shape index (κ3) is 5.15. The van der Waals surface area contributed by atoms with Gasteiger partial charge in [0.25, 0.3) is 0 Å². The Morgan fingerprint density at radius 3 is 2.55 bits per heavy atom. The number of benzene rings is 1. The molecule has 2 saturated heterocycles. The van der Waals surface area contributed by atoms with Crippen molar-refractivity contribution in [2.24, 2.45) is 5.41 Å². The van der Waals surface area contributed by atoms with Crippen molar-refractivity contribution in [1.29, 1.82) is 0 Å². The van der Waals surface area contributed by atoms with Gasteiger partial charge in [0.2, 0.25) is 0 Å². The van der Waals surface area contributed by atoms with E-state index in [0.29, 0.717) is 31.0 Å². The fourth-order valence-corrected chi connectivity index (χ4v) is 4.63. The quantitative estimate of drug-likeness (QED) is 0.701. The first-order chi connectivity index (χ1) is 15.7. The van der Waals surface area contributed by atoms with Gasteiger partial charge in [0.1, 0.15) is 5.82 Å². The molecule has 1 aromatic heterocycles. The number of carboxylic acids is 1. The average molecular weight is 450 g/mol. The summed E-state index contributed by atoms with van der Waals surface area (Å²) in [7, 11) is 0. The van der Waals surface area contributed by atoms with Gasteiger partial charge < -0.3 is 14.7 Å². The highest BCUT2D eigenvalue weighted by molar-refractivity contribution is 6.05. The van der Waals surface area contributed by atoms with Crippen molar-refractivity contribution in [2.75, 3.05) is 44.3 Å². The maximum atomic E-state index is 13.6. The van der Waals surface area contributed by atoms with Crippen LogP contribution in [0.25, 0.3) is 6.08 Å². The molecule has 0 radical (unpaired) electrons. The number of ketones is 1. The molecule has 0 saturated carbocycles. The number of aryl methyl sites for hydroxylation is 1. The van der Waals surface area contributed by atoms with Crippen LogP contribution in [-0.2, 0) is 14.3 Å². The molecule has 2 fully saturated rings. The van der Waals surface area contributed by atoms with Crippen molar-refractivity contribution in [1.82, 2.24) is 9.88 Å². The molecule has 1 atom stereocenters. The van der Waals surface area contributed by atoms with E-state index in [4.69, 9.17) is 9.72 Å². The van der Waals surface area contributed by atoms with Crippen molar-refractivity contribution in [3.05, 3.63) is 64.9 Å². The Morgan fingerprint density at radius 1 is 1.18 bits per heavy atom. The average Bonchev–Trinajstić information content (AvgIpc) is 2.78. The third-order valence-corrected chi connectivity index (χ3v) is 6.26. The van der Waals surface area contributed by atoms with Crippen LogP contribution in [0.4, 0.5) is 5.82 Å². The number of pyridine rings is 1. The predicted octanol–water partition coefficient (Wildman–Crippen LogP) is 3.35. The summed E-state index contributed by atoms with van der Waals surface area (Å²) in [5, 5.41) is 9.59. The SMILES string of the molecule is Cc1ccc(C2/C(=C/c3cccc(N4CCOCC4)n3)C(=O)C(C)(C)CN2CC(=O)O)cc1. The van der Waals surface area contributed by atoms with Gasteiger partial charge in [0, 0.05) is 30.6 Å². The summed E-state index contributed by atoms with van der Waals surface area (Å²) in [5.41, 5.74) is 2.57. The summed E-state index contributed by atoms with van der Waals surface area (Å²) in [6.07, 6.45) is 1.84. The van der Waals surface area contributed by atoms with Gasteiger partial charge in [-0.25, -0.2) is 4.98 Å². The highest BCUT2D eigenvalue weighted by Gasteiger charge is 2.44. The zero-order valence-electron chi connectivity index (χ0n) is 19.5. The molecule has 33 heavy (non-hydrogen) atoms.